The largest absolute Gasteiger partial charge is 0.744 e. The lowest BCUT2D eigenvalue weighted by molar-refractivity contribution is -0.384. The predicted molar refractivity (Wildman–Crippen MR) is 104 cm³/mol. The third kappa shape index (κ3) is 5.49. The summed E-state index contributed by atoms with van der Waals surface area (Å²) in [5, 5.41) is 10.6. The van der Waals surface area contributed by atoms with E-state index >= 15 is 0 Å². The number of non-ortho nitro benzene ring substituents is 1. The highest BCUT2D eigenvalue weighted by Gasteiger charge is 2.15. The highest BCUT2D eigenvalue weighted by molar-refractivity contribution is 14.1. The van der Waals surface area contributed by atoms with Gasteiger partial charge < -0.3 is 14.0 Å². The van der Waals surface area contributed by atoms with E-state index < -0.39 is 27.6 Å². The van der Waals surface area contributed by atoms with E-state index in [0.717, 1.165) is 0 Å². The minimum Gasteiger partial charge on any atom is -0.744 e. The van der Waals surface area contributed by atoms with Crippen molar-refractivity contribution in [2.45, 2.75) is 4.90 Å². The van der Waals surface area contributed by atoms with Gasteiger partial charge in [0, 0.05) is 19.3 Å². The lowest BCUT2D eigenvalue weighted by Crippen LogP contribution is -2.18. The lowest BCUT2D eigenvalue weighted by Gasteiger charge is -2.14. The van der Waals surface area contributed by atoms with Crippen molar-refractivity contribution in [3.8, 4) is 11.5 Å². The topological polar surface area (TPSA) is 136 Å². The second kappa shape index (κ2) is 8.45. The van der Waals surface area contributed by atoms with Crippen molar-refractivity contribution in [2.75, 3.05) is 6.61 Å². The van der Waals surface area contributed by atoms with Gasteiger partial charge in [0.1, 0.15) is 21.6 Å². The van der Waals surface area contributed by atoms with Crippen molar-refractivity contribution in [2.24, 2.45) is 0 Å². The molecule has 0 saturated heterocycles. The minimum absolute atomic E-state index is 0.112. The van der Waals surface area contributed by atoms with Gasteiger partial charge in [0.2, 0.25) is 0 Å². The van der Waals surface area contributed by atoms with Crippen LogP contribution in [0.2, 0.25) is 0 Å². The van der Waals surface area contributed by atoms with Crippen molar-refractivity contribution in [1.29, 1.82) is 0 Å². The first-order valence-corrected chi connectivity index (χ1v) is 10.2. The van der Waals surface area contributed by atoms with E-state index in [1.54, 1.807) is 45.2 Å². The molecule has 0 aromatic heterocycles. The first kappa shape index (κ1) is 20.8. The van der Waals surface area contributed by atoms with Crippen LogP contribution in [0.25, 0.3) is 0 Å². The average molecular weight is 604 g/mol. The number of carbonyl (C=O) groups excluding carboxylic acids is 1. The molecular weight excluding hydrogens is 596 g/mol. The lowest BCUT2D eigenvalue weighted by atomic mass is 10.3. The number of nitrogens with zero attached hydrogens (tertiary/aromatic N) is 1. The fourth-order valence-corrected chi connectivity index (χ4v) is 5.72. The SMILES string of the molecule is O=C(COc1cc(I)c(S(=O)(=O)[O-])c(I)c1)Oc1ccc([N+](=O)[O-])cc1. The molecule has 0 unspecified atom stereocenters. The Bertz CT molecular complexity index is 936. The van der Waals surface area contributed by atoms with E-state index in [2.05, 4.69) is 0 Å². The summed E-state index contributed by atoms with van der Waals surface area (Å²) in [6, 6.07) is 7.55. The normalized spacial score (nSPS) is 11.0. The molecule has 0 aliphatic heterocycles. The number of benzene rings is 2. The smallest absolute Gasteiger partial charge is 0.349 e. The molecule has 0 radical (unpaired) electrons. The van der Waals surface area contributed by atoms with E-state index in [9.17, 15) is 27.9 Å². The van der Waals surface area contributed by atoms with E-state index in [4.69, 9.17) is 9.47 Å². The van der Waals surface area contributed by atoms with E-state index in [1.165, 1.54) is 36.4 Å². The molecule has 2 aromatic carbocycles. The molecule has 0 atom stereocenters. The first-order chi connectivity index (χ1) is 12.1. The second-order valence-corrected chi connectivity index (χ2v) is 8.32. The Hall–Kier alpha value is -1.52. The monoisotopic (exact) mass is 604 g/mol. The molecule has 0 amide bonds. The average Bonchev–Trinajstić information content (AvgIpc) is 2.51. The van der Waals surface area contributed by atoms with Gasteiger partial charge in [0.15, 0.2) is 6.61 Å². The van der Waals surface area contributed by atoms with E-state index in [0.29, 0.717) is 0 Å². The predicted octanol–water partition coefficient (Wildman–Crippen LogP) is 2.69. The Labute approximate surface area is 174 Å². The van der Waals surface area contributed by atoms with Gasteiger partial charge in [0.05, 0.1) is 9.82 Å². The molecule has 0 aliphatic rings. The van der Waals surface area contributed by atoms with Gasteiger partial charge in [-0.1, -0.05) is 0 Å². The molecule has 0 saturated carbocycles. The Morgan fingerprint density at radius 1 is 1.08 bits per heavy atom. The number of rotatable bonds is 6. The summed E-state index contributed by atoms with van der Waals surface area (Å²) < 4.78 is 44.2. The molecule has 0 bridgehead atoms. The zero-order valence-electron chi connectivity index (χ0n) is 12.5. The molecule has 0 heterocycles. The summed E-state index contributed by atoms with van der Waals surface area (Å²) in [6.45, 7) is -0.480. The van der Waals surface area contributed by atoms with Crippen molar-refractivity contribution >= 4 is 67.0 Å². The standard InChI is InChI=1S/C14H9I2NO8S/c15-11-5-10(6-12(16)14(11)26(21,22)23)24-7-13(18)25-9-3-1-8(2-4-9)17(19)20/h1-6H,7H2,(H,21,22,23)/p-1. The van der Waals surface area contributed by atoms with Gasteiger partial charge in [-0.3, -0.25) is 10.1 Å². The van der Waals surface area contributed by atoms with Gasteiger partial charge in [-0.2, -0.15) is 0 Å². The third-order valence-corrected chi connectivity index (χ3v) is 6.23. The molecule has 138 valence electrons. The van der Waals surface area contributed by atoms with Gasteiger partial charge in [-0.25, -0.2) is 13.2 Å². The van der Waals surface area contributed by atoms with Gasteiger partial charge in [0.25, 0.3) is 5.69 Å². The molecule has 0 aliphatic carbocycles. The van der Waals surface area contributed by atoms with Crippen LogP contribution in [0.5, 0.6) is 11.5 Å². The molecule has 0 N–H and O–H groups in total. The fourth-order valence-electron chi connectivity index (χ4n) is 1.80. The Morgan fingerprint density at radius 3 is 2.08 bits per heavy atom. The molecule has 2 aromatic rings. The Balaban J connectivity index is 2.02. The summed E-state index contributed by atoms with van der Waals surface area (Å²) in [6.07, 6.45) is 0. The molecular formula is C14H8I2NO8S-. The van der Waals surface area contributed by atoms with Crippen LogP contribution in [-0.4, -0.2) is 30.5 Å². The number of ether oxygens (including phenoxy) is 2. The van der Waals surface area contributed by atoms with Crippen LogP contribution in [0.4, 0.5) is 5.69 Å². The molecule has 9 nitrogen and oxygen atoms in total. The zero-order chi connectivity index (χ0) is 19.5. The molecule has 26 heavy (non-hydrogen) atoms. The summed E-state index contributed by atoms with van der Waals surface area (Å²) in [5.41, 5.74) is -0.140. The van der Waals surface area contributed by atoms with Crippen LogP contribution in [0.1, 0.15) is 0 Å². The van der Waals surface area contributed by atoms with E-state index in [-0.39, 0.29) is 29.2 Å². The first-order valence-electron chi connectivity index (χ1n) is 6.61. The summed E-state index contributed by atoms with van der Waals surface area (Å²) in [4.78, 5) is 21.4. The second-order valence-electron chi connectivity index (χ2n) is 4.68. The zero-order valence-corrected chi connectivity index (χ0v) is 17.7. The van der Waals surface area contributed by atoms with Crippen molar-refractivity contribution < 1.29 is 32.2 Å². The number of halogens is 2. The molecule has 2 rings (SSSR count). The van der Waals surface area contributed by atoms with Gasteiger partial charge in [-0.15, -0.1) is 0 Å². The summed E-state index contributed by atoms with van der Waals surface area (Å²) in [7, 11) is -4.62. The van der Waals surface area contributed by atoms with Crippen molar-refractivity contribution in [3.63, 3.8) is 0 Å². The fraction of sp³-hybridized carbons (Fsp3) is 0.0714. The number of hydrogen-bond acceptors (Lipinski definition) is 8. The quantitative estimate of drug-likeness (QED) is 0.123. The number of nitro benzene ring substituents is 1. The Morgan fingerprint density at radius 2 is 1.62 bits per heavy atom. The minimum atomic E-state index is -4.62. The van der Waals surface area contributed by atoms with Crippen LogP contribution in [0.15, 0.2) is 41.3 Å². The van der Waals surface area contributed by atoms with Gasteiger partial charge in [-0.05, 0) is 69.4 Å². The van der Waals surface area contributed by atoms with Crippen LogP contribution >= 0.6 is 45.2 Å². The molecule has 12 heteroatoms. The third-order valence-electron chi connectivity index (χ3n) is 2.86. The van der Waals surface area contributed by atoms with Crippen LogP contribution in [-0.2, 0) is 14.9 Å². The van der Waals surface area contributed by atoms with Crippen LogP contribution in [0.3, 0.4) is 0 Å². The number of hydrogen-bond donors (Lipinski definition) is 0. The maximum absolute atomic E-state index is 11.8. The maximum atomic E-state index is 11.8. The molecule has 0 fully saturated rings. The number of nitro groups is 1. The summed E-state index contributed by atoms with van der Waals surface area (Å²) >= 11 is 3.37. The number of esters is 1. The Kier molecular flexibility index (Phi) is 6.75. The summed E-state index contributed by atoms with van der Waals surface area (Å²) in [5.74, 6) is -0.461. The maximum Gasteiger partial charge on any atom is 0.349 e. The number of carbonyl (C=O) groups is 1. The van der Waals surface area contributed by atoms with Crippen molar-refractivity contribution in [1.82, 2.24) is 0 Å². The van der Waals surface area contributed by atoms with Crippen LogP contribution < -0.4 is 9.47 Å². The van der Waals surface area contributed by atoms with Crippen LogP contribution in [0, 0.1) is 17.3 Å². The highest BCUT2D eigenvalue weighted by Crippen LogP contribution is 2.29. The molecule has 0 spiro atoms. The van der Waals surface area contributed by atoms with Gasteiger partial charge >= 0.3 is 5.97 Å². The van der Waals surface area contributed by atoms with Crippen molar-refractivity contribution in [3.05, 3.63) is 53.7 Å². The van der Waals surface area contributed by atoms with E-state index in [1.807, 2.05) is 0 Å². The highest BCUT2D eigenvalue weighted by atomic mass is 127.